The fourth-order valence-corrected chi connectivity index (χ4v) is 7.41. The fraction of sp³-hybridized carbons (Fsp3) is 0.703. The highest BCUT2D eigenvalue weighted by molar-refractivity contribution is 6.38. The van der Waals surface area contributed by atoms with E-state index in [-0.39, 0.29) is 37.0 Å². The minimum absolute atomic E-state index is 0.0212. The summed E-state index contributed by atoms with van der Waals surface area (Å²) in [5, 5.41) is 15.6. The Balaban J connectivity index is 1.39. The van der Waals surface area contributed by atoms with Gasteiger partial charge in [0.05, 0.1) is 24.5 Å². The zero-order valence-electron chi connectivity index (χ0n) is 31.0. The molecule has 2 aliphatic heterocycles. The average Bonchev–Trinajstić information content (AvgIpc) is 3.73. The topological polar surface area (TPSA) is 201 Å². The third-order valence-electron chi connectivity index (χ3n) is 10.5. The van der Waals surface area contributed by atoms with Crippen LogP contribution in [0.1, 0.15) is 122 Å². The molecule has 15 nitrogen and oxygen atoms in total. The summed E-state index contributed by atoms with van der Waals surface area (Å²) in [5.41, 5.74) is -0.901. The van der Waals surface area contributed by atoms with E-state index in [2.05, 4.69) is 36.4 Å². The Morgan fingerprint density at radius 3 is 2.31 bits per heavy atom. The predicted octanol–water partition coefficient (Wildman–Crippen LogP) is 2.34. The fourth-order valence-electron chi connectivity index (χ4n) is 7.41. The van der Waals surface area contributed by atoms with Crippen molar-refractivity contribution in [3.63, 3.8) is 0 Å². The van der Waals surface area contributed by atoms with Crippen LogP contribution in [0.5, 0.6) is 0 Å². The van der Waals surface area contributed by atoms with E-state index in [4.69, 9.17) is 4.84 Å². The molecular formula is C37H54N8O7. The molecule has 5 amide bonds. The smallest absolute Gasteiger partial charge is 0.289 e. The van der Waals surface area contributed by atoms with Crippen molar-refractivity contribution in [2.75, 3.05) is 6.54 Å². The quantitative estimate of drug-likeness (QED) is 0.208. The van der Waals surface area contributed by atoms with Crippen molar-refractivity contribution in [3.05, 3.63) is 24.3 Å². The number of likely N-dealkylation sites (tertiary alicyclic amines) is 1. The molecule has 0 unspecified atom stereocenters. The molecule has 0 bridgehead atoms. The Kier molecular flexibility index (Phi) is 12.3. The molecule has 1 spiro atoms. The first kappa shape index (κ1) is 38.8. The Bertz CT molecular complexity index is 1540. The number of aromatic nitrogens is 2. The van der Waals surface area contributed by atoms with Crippen LogP contribution in [0.15, 0.2) is 23.7 Å². The van der Waals surface area contributed by atoms with Crippen molar-refractivity contribution in [2.45, 2.75) is 147 Å². The van der Waals surface area contributed by atoms with Gasteiger partial charge in [-0.3, -0.25) is 33.8 Å². The van der Waals surface area contributed by atoms with Gasteiger partial charge in [-0.25, -0.2) is 4.98 Å². The number of oxime groups is 1. The Hall–Kier alpha value is -4.43. The van der Waals surface area contributed by atoms with Crippen molar-refractivity contribution in [1.29, 1.82) is 0 Å². The van der Waals surface area contributed by atoms with E-state index in [1.807, 2.05) is 34.6 Å². The number of amides is 5. The number of Topliss-reactive ketones (excluding diaryl/α,β-unsaturated/α-hetero) is 1. The van der Waals surface area contributed by atoms with E-state index in [9.17, 15) is 28.8 Å². The molecule has 4 N–H and O–H groups in total. The Morgan fingerprint density at radius 2 is 1.71 bits per heavy atom. The van der Waals surface area contributed by atoms with Gasteiger partial charge in [-0.1, -0.05) is 65.5 Å². The first-order valence-electron chi connectivity index (χ1n) is 18.8. The molecule has 3 heterocycles. The molecule has 3 fully saturated rings. The summed E-state index contributed by atoms with van der Waals surface area (Å²) in [5.74, 6) is -3.73. The van der Waals surface area contributed by atoms with Gasteiger partial charge in [0.25, 0.3) is 11.8 Å². The Morgan fingerprint density at radius 1 is 0.981 bits per heavy atom. The minimum atomic E-state index is -1.10. The maximum atomic E-state index is 14.8. The summed E-state index contributed by atoms with van der Waals surface area (Å²) in [4.78, 5) is 97.7. The molecule has 52 heavy (non-hydrogen) atoms. The van der Waals surface area contributed by atoms with Crippen LogP contribution in [0, 0.1) is 11.3 Å². The molecule has 1 aromatic rings. The van der Waals surface area contributed by atoms with Crippen LogP contribution in [0.25, 0.3) is 0 Å². The highest BCUT2D eigenvalue weighted by Crippen LogP contribution is 2.39. The lowest BCUT2D eigenvalue weighted by Gasteiger charge is -2.37. The molecule has 2 aliphatic carbocycles. The van der Waals surface area contributed by atoms with E-state index >= 15 is 0 Å². The van der Waals surface area contributed by atoms with Gasteiger partial charge in [0.2, 0.25) is 23.5 Å². The molecule has 1 aromatic heterocycles. The van der Waals surface area contributed by atoms with E-state index < -0.39 is 70.5 Å². The number of hydrogen-bond acceptors (Lipinski definition) is 10. The maximum absolute atomic E-state index is 14.8. The van der Waals surface area contributed by atoms with E-state index in [0.717, 1.165) is 50.7 Å². The molecule has 5 atom stereocenters. The molecule has 2 saturated carbocycles. The van der Waals surface area contributed by atoms with Crippen LogP contribution in [-0.2, 0) is 28.8 Å². The van der Waals surface area contributed by atoms with Crippen molar-refractivity contribution in [1.82, 2.24) is 36.1 Å². The summed E-state index contributed by atoms with van der Waals surface area (Å²) < 4.78 is 0. The van der Waals surface area contributed by atoms with Gasteiger partial charge in [0, 0.05) is 31.3 Å². The van der Waals surface area contributed by atoms with Crippen LogP contribution in [-0.4, -0.2) is 98.3 Å². The summed E-state index contributed by atoms with van der Waals surface area (Å²) in [6, 6.07) is -4.19. The van der Waals surface area contributed by atoms with E-state index in [1.54, 1.807) is 0 Å². The number of nitrogens with one attached hydrogen (secondary N) is 4. The van der Waals surface area contributed by atoms with Gasteiger partial charge in [-0.2, -0.15) is 0 Å². The predicted molar refractivity (Wildman–Crippen MR) is 191 cm³/mol. The highest BCUT2D eigenvalue weighted by atomic mass is 16.7. The van der Waals surface area contributed by atoms with Gasteiger partial charge in [-0.05, 0) is 49.9 Å². The number of rotatable bonds is 14. The summed E-state index contributed by atoms with van der Waals surface area (Å²) in [7, 11) is 0. The third-order valence-corrected chi connectivity index (χ3v) is 10.5. The standard InChI is InChI=1S/C37H54N8O7/c1-6-11-25(29(46)34(50)40-24-14-15-24)41-32(48)27-19-37(18-23(7-2)44-52-37)21-45(27)35(51)30(36(3,4)5)43-33(49)28(22-12-9-8-10-13-22)42-31(47)26-20-38-16-17-39-26/h16-17,20,22,24-25,27-28,30H,6-15,18-19,21H2,1-5H3,(H,40,50)(H,41,48)(H,42,47)(H,43,49)/t25-,27-,28-,30+,37+/m0/s1. The van der Waals surface area contributed by atoms with Gasteiger partial charge in [0.15, 0.2) is 5.60 Å². The first-order chi connectivity index (χ1) is 24.7. The molecule has 15 heteroatoms. The van der Waals surface area contributed by atoms with Crippen molar-refractivity contribution >= 4 is 41.0 Å². The normalized spacial score (nSPS) is 23.5. The summed E-state index contributed by atoms with van der Waals surface area (Å²) >= 11 is 0. The third kappa shape index (κ3) is 9.32. The number of nitrogens with zero attached hydrogens (tertiary/aromatic N) is 4. The number of hydrogen-bond donors (Lipinski definition) is 4. The Labute approximate surface area is 305 Å². The van der Waals surface area contributed by atoms with Gasteiger partial charge < -0.3 is 31.0 Å². The van der Waals surface area contributed by atoms with Gasteiger partial charge >= 0.3 is 0 Å². The zero-order chi connectivity index (χ0) is 37.6. The van der Waals surface area contributed by atoms with Crippen LogP contribution in [0.4, 0.5) is 0 Å². The maximum Gasteiger partial charge on any atom is 0.289 e. The van der Waals surface area contributed by atoms with Gasteiger partial charge in [0.1, 0.15) is 23.8 Å². The molecule has 1 saturated heterocycles. The van der Waals surface area contributed by atoms with Crippen LogP contribution >= 0.6 is 0 Å². The second-order valence-electron chi connectivity index (χ2n) is 15.9. The molecule has 5 rings (SSSR count). The molecule has 284 valence electrons. The second kappa shape index (κ2) is 16.5. The van der Waals surface area contributed by atoms with Crippen molar-refractivity contribution < 1.29 is 33.6 Å². The van der Waals surface area contributed by atoms with Crippen LogP contribution in [0.3, 0.4) is 0 Å². The number of carbonyl (C=O) groups excluding carboxylic acids is 6. The van der Waals surface area contributed by atoms with Gasteiger partial charge in [-0.15, -0.1) is 0 Å². The van der Waals surface area contributed by atoms with E-state index in [1.165, 1.54) is 23.5 Å². The lowest BCUT2D eigenvalue weighted by molar-refractivity contribution is -0.145. The number of carbonyl (C=O) groups is 6. The van der Waals surface area contributed by atoms with Crippen LogP contribution in [0.2, 0.25) is 0 Å². The lowest BCUT2D eigenvalue weighted by Crippen LogP contribution is -2.62. The van der Waals surface area contributed by atoms with Crippen molar-refractivity contribution in [3.8, 4) is 0 Å². The molecule has 4 aliphatic rings. The van der Waals surface area contributed by atoms with E-state index in [0.29, 0.717) is 19.3 Å². The zero-order valence-corrected chi connectivity index (χ0v) is 31.0. The monoisotopic (exact) mass is 722 g/mol. The number of ketones is 1. The SMILES string of the molecule is CCC[C@H](NC(=O)[C@@H]1C[C@]2(CC(CC)=NO2)CN1C(=O)[C@@H](NC(=O)[C@@H](NC(=O)c1cnccn1)C1CCCCC1)C(C)(C)C)C(=O)C(=O)NC1CC1. The molecule has 0 radical (unpaired) electrons. The summed E-state index contributed by atoms with van der Waals surface area (Å²) in [6.07, 6.45) is 12.1. The first-order valence-corrected chi connectivity index (χ1v) is 18.8. The lowest BCUT2D eigenvalue weighted by atomic mass is 9.82. The molecular weight excluding hydrogens is 668 g/mol. The van der Waals surface area contributed by atoms with Crippen LogP contribution < -0.4 is 21.3 Å². The average molecular weight is 723 g/mol. The largest absolute Gasteiger partial charge is 0.387 e. The highest BCUT2D eigenvalue weighted by Gasteiger charge is 2.55. The minimum Gasteiger partial charge on any atom is -0.387 e. The molecule has 0 aromatic carbocycles. The van der Waals surface area contributed by atoms with Crippen molar-refractivity contribution in [2.24, 2.45) is 16.5 Å². The summed E-state index contributed by atoms with van der Waals surface area (Å²) in [6.45, 7) is 9.31. The second-order valence-corrected chi connectivity index (χ2v) is 15.9.